The number of phenols is 1. The van der Waals surface area contributed by atoms with Crippen molar-refractivity contribution in [1.82, 2.24) is 4.90 Å². The maximum atomic E-state index is 12.5. The van der Waals surface area contributed by atoms with Crippen molar-refractivity contribution in [3.8, 4) is 11.5 Å². The lowest BCUT2D eigenvalue weighted by Crippen LogP contribution is -2.42. The van der Waals surface area contributed by atoms with E-state index in [0.29, 0.717) is 26.3 Å². The molecule has 1 aliphatic rings. The molecule has 0 aromatic heterocycles. The Morgan fingerprint density at radius 2 is 1.96 bits per heavy atom. The number of phenolic OH excluding ortho intramolecular Hbond substituents is 1. The molecule has 1 aromatic carbocycles. The average Bonchev–Trinajstić information content (AvgIpc) is 2.87. The van der Waals surface area contributed by atoms with Crippen LogP contribution < -0.4 is 4.74 Å². The molecule has 1 aliphatic heterocycles. The van der Waals surface area contributed by atoms with Crippen LogP contribution >= 0.6 is 43.6 Å². The standard InChI is InChI=1S/C15H13Br2NO6S/c1-6(14(21)24-3)18-13(20)9(25-15(18)22)5-7-4-8(23-2)12(19)11(17)10(7)16/h4-6,19H,1-3H3/b9-5+/t6-/m1/s1. The van der Waals surface area contributed by atoms with Crippen molar-refractivity contribution in [1.29, 1.82) is 0 Å². The molecule has 1 fully saturated rings. The lowest BCUT2D eigenvalue weighted by atomic mass is 10.1. The van der Waals surface area contributed by atoms with Crippen molar-refractivity contribution in [3.05, 3.63) is 25.5 Å². The molecule has 0 spiro atoms. The quantitative estimate of drug-likeness (QED) is 0.505. The number of methoxy groups -OCH3 is 2. The minimum atomic E-state index is -1.02. The second kappa shape index (κ2) is 7.79. The van der Waals surface area contributed by atoms with Crippen LogP contribution in [-0.4, -0.2) is 47.4 Å². The molecule has 0 aliphatic carbocycles. The van der Waals surface area contributed by atoms with Gasteiger partial charge in [0, 0.05) is 4.47 Å². The number of ether oxygens (including phenoxy) is 2. The summed E-state index contributed by atoms with van der Waals surface area (Å²) in [5, 5.41) is 9.39. The summed E-state index contributed by atoms with van der Waals surface area (Å²) in [5.41, 5.74) is 0.512. The van der Waals surface area contributed by atoms with Crippen molar-refractivity contribution in [2.45, 2.75) is 13.0 Å². The Labute approximate surface area is 164 Å². The summed E-state index contributed by atoms with van der Waals surface area (Å²) in [6.07, 6.45) is 1.48. The zero-order chi connectivity index (χ0) is 18.9. The molecule has 134 valence electrons. The Morgan fingerprint density at radius 3 is 2.52 bits per heavy atom. The van der Waals surface area contributed by atoms with Crippen molar-refractivity contribution in [3.63, 3.8) is 0 Å². The second-order valence-electron chi connectivity index (χ2n) is 4.90. The van der Waals surface area contributed by atoms with Gasteiger partial charge in [0.15, 0.2) is 11.5 Å². The third-order valence-corrected chi connectivity index (χ3v) is 6.48. The Morgan fingerprint density at radius 1 is 1.32 bits per heavy atom. The summed E-state index contributed by atoms with van der Waals surface area (Å²) >= 11 is 7.26. The Hall–Kier alpha value is -1.52. The number of carbonyl (C=O) groups is 3. The van der Waals surface area contributed by atoms with Crippen molar-refractivity contribution < 1.29 is 29.0 Å². The molecular weight excluding hydrogens is 482 g/mol. The van der Waals surface area contributed by atoms with Gasteiger partial charge in [0.1, 0.15) is 6.04 Å². The van der Waals surface area contributed by atoms with Crippen LogP contribution in [-0.2, 0) is 14.3 Å². The number of imide groups is 1. The Balaban J connectivity index is 2.44. The number of benzene rings is 1. The van der Waals surface area contributed by atoms with Crippen LogP contribution in [0.25, 0.3) is 6.08 Å². The normalized spacial score (nSPS) is 17.2. The van der Waals surface area contributed by atoms with E-state index in [0.717, 1.165) is 4.90 Å². The van der Waals surface area contributed by atoms with Gasteiger partial charge in [0.2, 0.25) is 0 Å². The molecule has 0 bridgehead atoms. The van der Waals surface area contributed by atoms with Gasteiger partial charge in [-0.3, -0.25) is 14.5 Å². The fourth-order valence-corrected chi connectivity index (χ4v) is 3.84. The lowest BCUT2D eigenvalue weighted by molar-refractivity contribution is -0.148. The van der Waals surface area contributed by atoms with Crippen LogP contribution in [0.15, 0.2) is 19.9 Å². The number of esters is 1. The molecular formula is C15H13Br2NO6S. The average molecular weight is 495 g/mol. The first-order valence-electron chi connectivity index (χ1n) is 6.82. The molecule has 1 aromatic rings. The highest BCUT2D eigenvalue weighted by Crippen LogP contribution is 2.43. The number of nitrogens with zero attached hydrogens (tertiary/aromatic N) is 1. The fourth-order valence-electron chi connectivity index (χ4n) is 2.10. The minimum absolute atomic E-state index is 0.0982. The number of rotatable bonds is 4. The van der Waals surface area contributed by atoms with E-state index in [9.17, 15) is 19.5 Å². The van der Waals surface area contributed by atoms with E-state index in [2.05, 4.69) is 36.6 Å². The number of thioether (sulfide) groups is 1. The molecule has 2 rings (SSSR count). The zero-order valence-corrected chi connectivity index (χ0v) is 17.3. The fraction of sp³-hybridized carbons (Fsp3) is 0.267. The van der Waals surface area contributed by atoms with Crippen molar-refractivity contribution in [2.75, 3.05) is 14.2 Å². The number of halogens is 2. The van der Waals surface area contributed by atoms with E-state index < -0.39 is 23.2 Å². The number of carbonyl (C=O) groups excluding carboxylic acids is 3. The van der Waals surface area contributed by atoms with Crippen LogP contribution in [0.1, 0.15) is 12.5 Å². The molecule has 1 atom stereocenters. The summed E-state index contributed by atoms with van der Waals surface area (Å²) < 4.78 is 10.5. The summed E-state index contributed by atoms with van der Waals surface area (Å²) in [6.45, 7) is 1.42. The maximum Gasteiger partial charge on any atom is 0.328 e. The van der Waals surface area contributed by atoms with Crippen LogP contribution in [0.2, 0.25) is 0 Å². The summed E-state index contributed by atoms with van der Waals surface area (Å²) in [7, 11) is 2.58. The molecule has 0 unspecified atom stereocenters. The van der Waals surface area contributed by atoms with E-state index in [1.165, 1.54) is 33.3 Å². The van der Waals surface area contributed by atoms with Gasteiger partial charge < -0.3 is 14.6 Å². The largest absolute Gasteiger partial charge is 0.503 e. The van der Waals surface area contributed by atoms with Crippen LogP contribution in [0, 0.1) is 0 Å². The molecule has 25 heavy (non-hydrogen) atoms. The van der Waals surface area contributed by atoms with Crippen LogP contribution in [0.4, 0.5) is 4.79 Å². The van der Waals surface area contributed by atoms with E-state index in [4.69, 9.17) is 4.74 Å². The first-order valence-corrected chi connectivity index (χ1v) is 9.23. The number of hydrogen-bond donors (Lipinski definition) is 1. The second-order valence-corrected chi connectivity index (χ2v) is 7.47. The maximum absolute atomic E-state index is 12.5. The molecule has 10 heteroatoms. The molecule has 2 amide bonds. The van der Waals surface area contributed by atoms with Crippen LogP contribution in [0.3, 0.4) is 0 Å². The predicted molar refractivity (Wildman–Crippen MR) is 99.3 cm³/mol. The van der Waals surface area contributed by atoms with E-state index in [1.807, 2.05) is 0 Å². The first-order chi connectivity index (χ1) is 11.7. The molecule has 0 radical (unpaired) electrons. The van der Waals surface area contributed by atoms with Gasteiger partial charge in [-0.25, -0.2) is 4.79 Å². The topological polar surface area (TPSA) is 93.1 Å². The molecule has 1 N–H and O–H groups in total. The first kappa shape index (κ1) is 19.8. The summed E-state index contributed by atoms with van der Waals surface area (Å²) in [5.74, 6) is -1.18. The third-order valence-electron chi connectivity index (χ3n) is 3.43. The number of amides is 2. The van der Waals surface area contributed by atoms with Gasteiger partial charge in [-0.1, -0.05) is 0 Å². The smallest absolute Gasteiger partial charge is 0.328 e. The van der Waals surface area contributed by atoms with E-state index >= 15 is 0 Å². The minimum Gasteiger partial charge on any atom is -0.503 e. The molecule has 1 saturated heterocycles. The van der Waals surface area contributed by atoms with Crippen molar-refractivity contribution >= 4 is 66.8 Å². The van der Waals surface area contributed by atoms with E-state index in [1.54, 1.807) is 0 Å². The van der Waals surface area contributed by atoms with Crippen LogP contribution in [0.5, 0.6) is 11.5 Å². The Bertz CT molecular complexity index is 795. The number of aromatic hydroxyl groups is 1. The lowest BCUT2D eigenvalue weighted by Gasteiger charge is -2.18. The summed E-state index contributed by atoms with van der Waals surface area (Å²) in [4.78, 5) is 37.2. The Kier molecular flexibility index (Phi) is 6.17. The third kappa shape index (κ3) is 3.70. The molecule has 1 heterocycles. The zero-order valence-electron chi connectivity index (χ0n) is 13.3. The monoisotopic (exact) mass is 493 g/mol. The van der Waals surface area contributed by atoms with Gasteiger partial charge in [-0.2, -0.15) is 0 Å². The highest BCUT2D eigenvalue weighted by molar-refractivity contribution is 9.13. The predicted octanol–water partition coefficient (Wildman–Crippen LogP) is 3.52. The SMILES string of the molecule is COC(=O)[C@@H](C)N1C(=O)S/C(=C/c2cc(OC)c(O)c(Br)c2Br)C1=O. The van der Waals surface area contributed by atoms with Gasteiger partial charge in [-0.15, -0.1) is 0 Å². The summed E-state index contributed by atoms with van der Waals surface area (Å²) in [6, 6.07) is 0.495. The van der Waals surface area contributed by atoms with Gasteiger partial charge in [-0.05, 0) is 68.3 Å². The molecule has 0 saturated carbocycles. The van der Waals surface area contributed by atoms with Gasteiger partial charge >= 0.3 is 5.97 Å². The highest BCUT2D eigenvalue weighted by atomic mass is 79.9. The highest BCUT2D eigenvalue weighted by Gasteiger charge is 2.41. The van der Waals surface area contributed by atoms with Crippen molar-refractivity contribution in [2.24, 2.45) is 0 Å². The van der Waals surface area contributed by atoms with E-state index in [-0.39, 0.29) is 16.4 Å². The van der Waals surface area contributed by atoms with Gasteiger partial charge in [0.25, 0.3) is 11.1 Å². The number of hydrogen-bond acceptors (Lipinski definition) is 7. The molecule has 7 nitrogen and oxygen atoms in total. The van der Waals surface area contributed by atoms with Gasteiger partial charge in [0.05, 0.1) is 23.6 Å².